The number of nitrogens with zero attached hydrogens (tertiary/aromatic N) is 1. The highest BCUT2D eigenvalue weighted by molar-refractivity contribution is 4.83. The summed E-state index contributed by atoms with van der Waals surface area (Å²) >= 11 is 0. The number of β-amino-alcohol motifs (C(OH)–C–C–N with tert-alkyl or cyclic N) is 2. The van der Waals surface area contributed by atoms with Gasteiger partial charge in [-0.15, -0.1) is 0 Å². The number of rotatable bonds is 2. The molecule has 0 aromatic carbocycles. The lowest BCUT2D eigenvalue weighted by atomic mass is 9.95. The van der Waals surface area contributed by atoms with Crippen LogP contribution in [0.25, 0.3) is 0 Å². The lowest BCUT2D eigenvalue weighted by Gasteiger charge is -2.37. The Labute approximate surface area is 74.0 Å². The van der Waals surface area contributed by atoms with Crippen LogP contribution >= 0.6 is 0 Å². The first-order chi connectivity index (χ1) is 5.49. The molecule has 1 aliphatic heterocycles. The van der Waals surface area contributed by atoms with E-state index in [9.17, 15) is 5.11 Å². The van der Waals surface area contributed by atoms with Crippen molar-refractivity contribution in [1.29, 1.82) is 0 Å². The minimum absolute atomic E-state index is 0.293. The number of hydrogen-bond acceptors (Lipinski definition) is 3. The Morgan fingerprint density at radius 1 is 1.58 bits per heavy atom. The van der Waals surface area contributed by atoms with Crippen molar-refractivity contribution in [2.45, 2.75) is 38.4 Å². The van der Waals surface area contributed by atoms with Gasteiger partial charge in [0.1, 0.15) is 0 Å². The quantitative estimate of drug-likeness (QED) is 0.627. The molecule has 3 heteroatoms. The molecule has 0 radical (unpaired) electrons. The van der Waals surface area contributed by atoms with Crippen molar-refractivity contribution in [2.75, 3.05) is 19.6 Å². The van der Waals surface area contributed by atoms with Crippen molar-refractivity contribution in [1.82, 2.24) is 4.90 Å². The molecular formula is C9H19NO2. The van der Waals surface area contributed by atoms with E-state index in [-0.39, 0.29) is 6.10 Å². The third-order valence-electron chi connectivity index (χ3n) is 2.28. The molecule has 1 fully saturated rings. The van der Waals surface area contributed by atoms with E-state index in [4.69, 9.17) is 5.11 Å². The van der Waals surface area contributed by atoms with Gasteiger partial charge < -0.3 is 10.2 Å². The van der Waals surface area contributed by atoms with Crippen LogP contribution in [0.5, 0.6) is 0 Å². The molecule has 2 N–H and O–H groups in total. The molecule has 2 atom stereocenters. The molecule has 0 aliphatic carbocycles. The highest BCUT2D eigenvalue weighted by Crippen LogP contribution is 2.19. The molecule has 3 nitrogen and oxygen atoms in total. The third kappa shape index (κ3) is 3.09. The second kappa shape index (κ2) is 3.73. The van der Waals surface area contributed by atoms with Gasteiger partial charge in [-0.05, 0) is 33.2 Å². The largest absolute Gasteiger partial charge is 0.392 e. The minimum atomic E-state index is -0.548. The van der Waals surface area contributed by atoms with Crippen LogP contribution < -0.4 is 0 Å². The van der Waals surface area contributed by atoms with E-state index in [1.54, 1.807) is 6.92 Å². The summed E-state index contributed by atoms with van der Waals surface area (Å²) in [5.41, 5.74) is -0.548. The van der Waals surface area contributed by atoms with E-state index in [2.05, 4.69) is 4.90 Å². The van der Waals surface area contributed by atoms with E-state index in [1.165, 1.54) is 0 Å². The summed E-state index contributed by atoms with van der Waals surface area (Å²) in [6.07, 6.45) is 1.61. The van der Waals surface area contributed by atoms with E-state index < -0.39 is 5.60 Å². The summed E-state index contributed by atoms with van der Waals surface area (Å²) in [7, 11) is 0. The molecule has 12 heavy (non-hydrogen) atoms. The fourth-order valence-corrected chi connectivity index (χ4v) is 1.85. The summed E-state index contributed by atoms with van der Waals surface area (Å²) in [6.45, 7) is 6.01. The predicted octanol–water partition coefficient (Wildman–Crippen LogP) is 0.214. The summed E-state index contributed by atoms with van der Waals surface area (Å²) in [5.74, 6) is 0. The van der Waals surface area contributed by atoms with Crippen LogP contribution in [-0.2, 0) is 0 Å². The Bertz CT molecular complexity index is 145. The number of hydrogen-bond donors (Lipinski definition) is 2. The topological polar surface area (TPSA) is 43.7 Å². The van der Waals surface area contributed by atoms with Gasteiger partial charge >= 0.3 is 0 Å². The van der Waals surface area contributed by atoms with Gasteiger partial charge in [-0.1, -0.05) is 0 Å². The maximum atomic E-state index is 9.73. The van der Waals surface area contributed by atoms with Crippen LogP contribution in [0.15, 0.2) is 0 Å². The van der Waals surface area contributed by atoms with Gasteiger partial charge in [0.25, 0.3) is 0 Å². The van der Waals surface area contributed by atoms with Crippen molar-refractivity contribution >= 4 is 0 Å². The number of aliphatic hydroxyl groups excluding tert-OH is 1. The van der Waals surface area contributed by atoms with Crippen LogP contribution in [0.4, 0.5) is 0 Å². The van der Waals surface area contributed by atoms with Crippen molar-refractivity contribution in [3.63, 3.8) is 0 Å². The van der Waals surface area contributed by atoms with Crippen LogP contribution in [0.2, 0.25) is 0 Å². The van der Waals surface area contributed by atoms with Crippen molar-refractivity contribution in [3.05, 3.63) is 0 Å². The number of likely N-dealkylation sites (tertiary alicyclic amines) is 1. The third-order valence-corrected chi connectivity index (χ3v) is 2.28. The second-order valence-electron chi connectivity index (χ2n) is 4.18. The Morgan fingerprint density at radius 2 is 2.25 bits per heavy atom. The first-order valence-electron chi connectivity index (χ1n) is 4.62. The minimum Gasteiger partial charge on any atom is -0.392 e. The predicted molar refractivity (Wildman–Crippen MR) is 48.0 cm³/mol. The standard InChI is InChI=1S/C9H19NO2/c1-8(11)6-10-5-3-4-9(2,12)7-10/h8,11-12H,3-7H2,1-2H3. The highest BCUT2D eigenvalue weighted by atomic mass is 16.3. The lowest BCUT2D eigenvalue weighted by Crippen LogP contribution is -2.48. The monoisotopic (exact) mass is 173 g/mol. The van der Waals surface area contributed by atoms with Gasteiger partial charge in [-0.3, -0.25) is 4.90 Å². The molecule has 0 saturated carbocycles. The maximum Gasteiger partial charge on any atom is 0.0746 e. The van der Waals surface area contributed by atoms with Crippen LogP contribution in [0.1, 0.15) is 26.7 Å². The molecule has 1 aliphatic rings. The smallest absolute Gasteiger partial charge is 0.0746 e. The molecule has 2 unspecified atom stereocenters. The zero-order valence-corrected chi connectivity index (χ0v) is 7.95. The average Bonchev–Trinajstić information content (AvgIpc) is 1.82. The molecule has 0 spiro atoms. The lowest BCUT2D eigenvalue weighted by molar-refractivity contribution is -0.0260. The molecular weight excluding hydrogens is 154 g/mol. The van der Waals surface area contributed by atoms with Crippen molar-refractivity contribution < 1.29 is 10.2 Å². The van der Waals surface area contributed by atoms with Crippen molar-refractivity contribution in [3.8, 4) is 0 Å². The molecule has 0 aromatic rings. The van der Waals surface area contributed by atoms with Gasteiger partial charge in [-0.2, -0.15) is 0 Å². The molecule has 1 saturated heterocycles. The SMILES string of the molecule is CC(O)CN1CCCC(C)(O)C1. The van der Waals surface area contributed by atoms with Gasteiger partial charge in [-0.25, -0.2) is 0 Å². The van der Waals surface area contributed by atoms with Crippen LogP contribution in [0.3, 0.4) is 0 Å². The zero-order valence-electron chi connectivity index (χ0n) is 7.95. The first-order valence-corrected chi connectivity index (χ1v) is 4.62. The summed E-state index contributed by atoms with van der Waals surface area (Å²) in [4.78, 5) is 2.12. The first kappa shape index (κ1) is 9.96. The Kier molecular flexibility index (Phi) is 3.09. The van der Waals surface area contributed by atoms with Crippen LogP contribution in [-0.4, -0.2) is 46.5 Å². The molecule has 1 heterocycles. The van der Waals surface area contributed by atoms with Gasteiger partial charge in [0, 0.05) is 13.1 Å². The molecule has 0 amide bonds. The maximum absolute atomic E-state index is 9.73. The Balaban J connectivity index is 2.36. The van der Waals surface area contributed by atoms with E-state index in [0.29, 0.717) is 13.1 Å². The number of piperidine rings is 1. The van der Waals surface area contributed by atoms with Gasteiger partial charge in [0.15, 0.2) is 0 Å². The molecule has 0 bridgehead atoms. The molecule has 72 valence electrons. The number of aliphatic hydroxyl groups is 2. The van der Waals surface area contributed by atoms with Crippen LogP contribution in [0, 0.1) is 0 Å². The second-order valence-corrected chi connectivity index (χ2v) is 4.18. The van der Waals surface area contributed by atoms with E-state index in [0.717, 1.165) is 19.4 Å². The summed E-state index contributed by atoms with van der Waals surface area (Å²) in [6, 6.07) is 0. The van der Waals surface area contributed by atoms with E-state index >= 15 is 0 Å². The Hall–Kier alpha value is -0.120. The van der Waals surface area contributed by atoms with Crippen molar-refractivity contribution in [2.24, 2.45) is 0 Å². The van der Waals surface area contributed by atoms with E-state index in [1.807, 2.05) is 6.92 Å². The zero-order chi connectivity index (χ0) is 9.19. The molecule has 0 aromatic heterocycles. The fraction of sp³-hybridized carbons (Fsp3) is 1.00. The van der Waals surface area contributed by atoms with Gasteiger partial charge in [0.2, 0.25) is 0 Å². The highest BCUT2D eigenvalue weighted by Gasteiger charge is 2.28. The van der Waals surface area contributed by atoms with Gasteiger partial charge in [0.05, 0.1) is 11.7 Å². The molecule has 1 rings (SSSR count). The normalized spacial score (nSPS) is 35.0. The fourth-order valence-electron chi connectivity index (χ4n) is 1.85. The summed E-state index contributed by atoms with van der Waals surface area (Å²) in [5, 5.41) is 18.9. The summed E-state index contributed by atoms with van der Waals surface area (Å²) < 4.78 is 0. The Morgan fingerprint density at radius 3 is 2.75 bits per heavy atom. The average molecular weight is 173 g/mol.